The van der Waals surface area contributed by atoms with Gasteiger partial charge in [0.05, 0.1) is 12.7 Å². The van der Waals surface area contributed by atoms with E-state index >= 15 is 0 Å². The second kappa shape index (κ2) is 5.81. The van der Waals surface area contributed by atoms with Crippen LogP contribution in [0.5, 0.6) is 11.5 Å². The largest absolute Gasteiger partial charge is 0.507 e. The van der Waals surface area contributed by atoms with E-state index in [1.54, 1.807) is 20.8 Å². The van der Waals surface area contributed by atoms with Crippen LogP contribution in [0.1, 0.15) is 31.1 Å². The van der Waals surface area contributed by atoms with Gasteiger partial charge in [0.2, 0.25) is 0 Å². The fourth-order valence-corrected chi connectivity index (χ4v) is 1.69. The predicted molar refractivity (Wildman–Crippen MR) is 73.0 cm³/mol. The van der Waals surface area contributed by atoms with Crippen molar-refractivity contribution in [1.82, 2.24) is 5.32 Å². The van der Waals surface area contributed by atoms with Gasteiger partial charge in [-0.05, 0) is 17.5 Å². The number of aliphatic carboxylic acids is 1. The standard InChI is InChI=1S/C14H19NO5/c1-14(2,3)11(13(18)19)15-12(17)9-6-5-8(20-4)7-10(9)16/h5-7,11,16H,1-4H3,(H,15,17)(H,18,19)/t11-/m1/s1. The Hall–Kier alpha value is -2.24. The number of rotatable bonds is 4. The second-order valence-corrected chi connectivity index (χ2v) is 5.49. The number of carbonyl (C=O) groups excluding carboxylic acids is 1. The third-order valence-corrected chi connectivity index (χ3v) is 2.84. The minimum atomic E-state index is -1.13. The maximum absolute atomic E-state index is 12.1. The summed E-state index contributed by atoms with van der Waals surface area (Å²) >= 11 is 0. The van der Waals surface area contributed by atoms with E-state index < -0.39 is 23.3 Å². The molecule has 1 atom stereocenters. The van der Waals surface area contributed by atoms with Crippen molar-refractivity contribution >= 4 is 11.9 Å². The Balaban J connectivity index is 2.98. The molecule has 1 aromatic rings. The molecule has 0 aliphatic carbocycles. The van der Waals surface area contributed by atoms with Gasteiger partial charge in [0.15, 0.2) is 0 Å². The first-order valence-corrected chi connectivity index (χ1v) is 6.07. The minimum Gasteiger partial charge on any atom is -0.507 e. The van der Waals surface area contributed by atoms with Gasteiger partial charge < -0.3 is 20.3 Å². The summed E-state index contributed by atoms with van der Waals surface area (Å²) in [5.41, 5.74) is -0.648. The van der Waals surface area contributed by atoms with E-state index in [9.17, 15) is 14.7 Å². The van der Waals surface area contributed by atoms with Crippen molar-refractivity contribution in [3.8, 4) is 11.5 Å². The predicted octanol–water partition coefficient (Wildman–Crippen LogP) is 1.63. The number of benzene rings is 1. The first-order valence-electron chi connectivity index (χ1n) is 6.07. The molecule has 6 nitrogen and oxygen atoms in total. The van der Waals surface area contributed by atoms with E-state index in [1.807, 2.05) is 0 Å². The lowest BCUT2D eigenvalue weighted by molar-refractivity contribution is -0.142. The van der Waals surface area contributed by atoms with E-state index in [-0.39, 0.29) is 11.3 Å². The summed E-state index contributed by atoms with van der Waals surface area (Å²) in [6.07, 6.45) is 0. The van der Waals surface area contributed by atoms with Gasteiger partial charge in [-0.2, -0.15) is 0 Å². The van der Waals surface area contributed by atoms with E-state index in [1.165, 1.54) is 25.3 Å². The zero-order chi connectivity index (χ0) is 15.5. The first-order chi connectivity index (χ1) is 9.16. The number of aromatic hydroxyl groups is 1. The summed E-state index contributed by atoms with van der Waals surface area (Å²) in [4.78, 5) is 23.3. The van der Waals surface area contributed by atoms with Crippen LogP contribution in [0.3, 0.4) is 0 Å². The summed E-state index contributed by atoms with van der Waals surface area (Å²) in [6.45, 7) is 5.12. The Labute approximate surface area is 117 Å². The quantitative estimate of drug-likeness (QED) is 0.779. The van der Waals surface area contributed by atoms with Gasteiger partial charge in [0, 0.05) is 6.07 Å². The summed E-state index contributed by atoms with van der Waals surface area (Å²) in [7, 11) is 1.44. The number of hydrogen-bond acceptors (Lipinski definition) is 4. The molecular weight excluding hydrogens is 262 g/mol. The van der Waals surface area contributed by atoms with Gasteiger partial charge in [-0.1, -0.05) is 20.8 Å². The molecular formula is C14H19NO5. The molecule has 20 heavy (non-hydrogen) atoms. The molecule has 110 valence electrons. The summed E-state index contributed by atoms with van der Waals surface area (Å²) < 4.78 is 4.92. The fourth-order valence-electron chi connectivity index (χ4n) is 1.69. The Morgan fingerprint density at radius 1 is 1.30 bits per heavy atom. The van der Waals surface area contributed by atoms with Crippen LogP contribution in [0.4, 0.5) is 0 Å². The third-order valence-electron chi connectivity index (χ3n) is 2.84. The van der Waals surface area contributed by atoms with E-state index in [4.69, 9.17) is 9.84 Å². The van der Waals surface area contributed by atoms with Crippen LogP contribution in [-0.2, 0) is 4.79 Å². The molecule has 0 radical (unpaired) electrons. The van der Waals surface area contributed by atoms with E-state index in [0.29, 0.717) is 5.75 Å². The third kappa shape index (κ3) is 3.63. The number of amides is 1. The van der Waals surface area contributed by atoms with Crippen LogP contribution in [-0.4, -0.2) is 35.2 Å². The van der Waals surface area contributed by atoms with Crippen LogP contribution in [0.2, 0.25) is 0 Å². The van der Waals surface area contributed by atoms with Crippen molar-refractivity contribution in [3.05, 3.63) is 23.8 Å². The molecule has 3 N–H and O–H groups in total. The minimum absolute atomic E-state index is 0.00120. The SMILES string of the molecule is COc1ccc(C(=O)N[C@H](C(=O)O)C(C)(C)C)c(O)c1. The average molecular weight is 281 g/mol. The van der Waals surface area contributed by atoms with Crippen molar-refractivity contribution in [2.75, 3.05) is 7.11 Å². The van der Waals surface area contributed by atoms with Crippen molar-refractivity contribution in [2.45, 2.75) is 26.8 Å². The lowest BCUT2D eigenvalue weighted by atomic mass is 9.86. The molecule has 1 amide bonds. The Kier molecular flexibility index (Phi) is 4.60. The van der Waals surface area contributed by atoms with Crippen molar-refractivity contribution in [2.24, 2.45) is 5.41 Å². The molecule has 0 aromatic heterocycles. The highest BCUT2D eigenvalue weighted by atomic mass is 16.5. The zero-order valence-electron chi connectivity index (χ0n) is 11.9. The number of methoxy groups -OCH3 is 1. The Bertz CT molecular complexity index is 519. The molecule has 0 bridgehead atoms. The number of phenols is 1. The maximum atomic E-state index is 12.1. The monoisotopic (exact) mass is 281 g/mol. The lowest BCUT2D eigenvalue weighted by Gasteiger charge is -2.27. The molecule has 0 spiro atoms. The highest BCUT2D eigenvalue weighted by Crippen LogP contribution is 2.25. The van der Waals surface area contributed by atoms with Crippen LogP contribution < -0.4 is 10.1 Å². The number of carboxylic acid groups (broad SMARTS) is 1. The Morgan fingerprint density at radius 3 is 2.30 bits per heavy atom. The van der Waals surface area contributed by atoms with Crippen LogP contribution in [0.15, 0.2) is 18.2 Å². The fraction of sp³-hybridized carbons (Fsp3) is 0.429. The number of ether oxygens (including phenoxy) is 1. The van der Waals surface area contributed by atoms with Crippen LogP contribution >= 0.6 is 0 Å². The van der Waals surface area contributed by atoms with Crippen LogP contribution in [0.25, 0.3) is 0 Å². The second-order valence-electron chi connectivity index (χ2n) is 5.49. The molecule has 0 fully saturated rings. The number of nitrogens with one attached hydrogen (secondary N) is 1. The van der Waals surface area contributed by atoms with E-state index in [2.05, 4.69) is 5.32 Å². The molecule has 0 aliphatic rings. The Morgan fingerprint density at radius 2 is 1.90 bits per heavy atom. The summed E-state index contributed by atoms with van der Waals surface area (Å²) in [6, 6.07) is 3.13. The molecule has 0 unspecified atom stereocenters. The molecule has 0 saturated heterocycles. The van der Waals surface area contributed by atoms with Gasteiger partial charge in [-0.15, -0.1) is 0 Å². The topological polar surface area (TPSA) is 95.9 Å². The number of carbonyl (C=O) groups is 2. The van der Waals surface area contributed by atoms with Crippen molar-refractivity contribution in [3.63, 3.8) is 0 Å². The van der Waals surface area contributed by atoms with Crippen LogP contribution in [0, 0.1) is 5.41 Å². The maximum Gasteiger partial charge on any atom is 0.326 e. The zero-order valence-corrected chi connectivity index (χ0v) is 11.9. The first kappa shape index (κ1) is 15.8. The van der Waals surface area contributed by atoms with Gasteiger partial charge in [0.25, 0.3) is 5.91 Å². The average Bonchev–Trinajstić information content (AvgIpc) is 2.33. The van der Waals surface area contributed by atoms with E-state index in [0.717, 1.165) is 0 Å². The molecule has 6 heteroatoms. The van der Waals surface area contributed by atoms with Gasteiger partial charge in [0.1, 0.15) is 17.5 Å². The normalized spacial score (nSPS) is 12.6. The van der Waals surface area contributed by atoms with Gasteiger partial charge >= 0.3 is 5.97 Å². The summed E-state index contributed by atoms with van der Waals surface area (Å²) in [5.74, 6) is -1.63. The molecule has 0 saturated carbocycles. The van der Waals surface area contributed by atoms with Gasteiger partial charge in [-0.3, -0.25) is 4.79 Å². The molecule has 0 aliphatic heterocycles. The highest BCUT2D eigenvalue weighted by molar-refractivity contribution is 5.99. The molecule has 0 heterocycles. The molecule has 1 aromatic carbocycles. The number of carboxylic acids is 1. The highest BCUT2D eigenvalue weighted by Gasteiger charge is 2.33. The lowest BCUT2D eigenvalue weighted by Crippen LogP contribution is -2.49. The smallest absolute Gasteiger partial charge is 0.326 e. The van der Waals surface area contributed by atoms with Crippen molar-refractivity contribution in [1.29, 1.82) is 0 Å². The number of hydrogen-bond donors (Lipinski definition) is 3. The molecule has 1 rings (SSSR count). The van der Waals surface area contributed by atoms with Crippen molar-refractivity contribution < 1.29 is 24.5 Å². The summed E-state index contributed by atoms with van der Waals surface area (Å²) in [5, 5.41) is 21.3. The number of phenolic OH excluding ortho intramolecular Hbond substituents is 1. The van der Waals surface area contributed by atoms with Gasteiger partial charge in [-0.25, -0.2) is 4.79 Å².